The molecule has 8 nitrogen and oxygen atoms in total. The van der Waals surface area contributed by atoms with Crippen LogP contribution >= 0.6 is 0 Å². The Balaban J connectivity index is 1.28. The zero-order valence-corrected chi connectivity index (χ0v) is 18.3. The summed E-state index contributed by atoms with van der Waals surface area (Å²) in [6.07, 6.45) is 5.55. The second-order valence-corrected chi connectivity index (χ2v) is 9.88. The van der Waals surface area contributed by atoms with Crippen molar-refractivity contribution >= 4 is 17.9 Å². The van der Waals surface area contributed by atoms with Gasteiger partial charge in [0.2, 0.25) is 0 Å². The minimum Gasteiger partial charge on any atom is -0.459 e. The lowest BCUT2D eigenvalue weighted by Gasteiger charge is -2.38. The maximum atomic E-state index is 13.4. The second kappa shape index (κ2) is 8.35. The van der Waals surface area contributed by atoms with Gasteiger partial charge in [-0.1, -0.05) is 13.3 Å². The van der Waals surface area contributed by atoms with Crippen molar-refractivity contribution < 1.29 is 33.3 Å². The van der Waals surface area contributed by atoms with Crippen molar-refractivity contribution in [2.45, 2.75) is 69.7 Å². The molecule has 2 saturated heterocycles. The molecule has 8 heteroatoms. The van der Waals surface area contributed by atoms with Crippen LogP contribution in [0.4, 0.5) is 0 Å². The number of carbonyl (C=O) groups excluding carboxylic acids is 3. The minimum absolute atomic E-state index is 0.0554. The molecular formula is C23H33NO7. The first-order valence-electron chi connectivity index (χ1n) is 11.9. The number of carbonyl (C=O) groups is 3. The maximum Gasteiger partial charge on any atom is 0.320 e. The molecule has 31 heavy (non-hydrogen) atoms. The van der Waals surface area contributed by atoms with E-state index >= 15 is 0 Å². The van der Waals surface area contributed by atoms with E-state index in [4.69, 9.17) is 18.9 Å². The molecule has 2 aliphatic heterocycles. The summed E-state index contributed by atoms with van der Waals surface area (Å²) in [6, 6.07) is 0. The molecule has 3 saturated carbocycles. The van der Waals surface area contributed by atoms with Gasteiger partial charge in [-0.05, 0) is 38.5 Å². The Labute approximate surface area is 182 Å². The molecule has 5 fully saturated rings. The fraction of sp³-hybridized carbons (Fsp3) is 0.870. The molecule has 0 aromatic heterocycles. The summed E-state index contributed by atoms with van der Waals surface area (Å²) in [5.41, 5.74) is -0.415. The highest BCUT2D eigenvalue weighted by Gasteiger charge is 2.70. The monoisotopic (exact) mass is 435 g/mol. The molecule has 0 aromatic rings. The molecule has 172 valence electrons. The molecular weight excluding hydrogens is 402 g/mol. The van der Waals surface area contributed by atoms with Crippen molar-refractivity contribution in [3.05, 3.63) is 0 Å². The van der Waals surface area contributed by atoms with Gasteiger partial charge in [0.1, 0.15) is 17.8 Å². The molecule has 6 unspecified atom stereocenters. The van der Waals surface area contributed by atoms with Gasteiger partial charge < -0.3 is 18.9 Å². The molecule has 5 aliphatic rings. The number of ether oxygens (including phenoxy) is 4. The van der Waals surface area contributed by atoms with Gasteiger partial charge in [-0.3, -0.25) is 19.3 Å². The number of fused-ring (bicyclic) bond motifs is 1. The molecule has 3 aliphatic carbocycles. The van der Waals surface area contributed by atoms with Gasteiger partial charge in [-0.25, -0.2) is 0 Å². The van der Waals surface area contributed by atoms with E-state index in [1.807, 2.05) is 4.90 Å². The van der Waals surface area contributed by atoms with E-state index in [1.54, 1.807) is 0 Å². The number of hydrogen-bond donors (Lipinski definition) is 0. The van der Waals surface area contributed by atoms with Gasteiger partial charge in [-0.2, -0.15) is 0 Å². The highest BCUT2D eigenvalue weighted by atomic mass is 16.6. The van der Waals surface area contributed by atoms with Crippen molar-refractivity contribution in [2.24, 2.45) is 23.7 Å². The average Bonchev–Trinajstić information content (AvgIpc) is 3.39. The predicted octanol–water partition coefficient (Wildman–Crippen LogP) is 1.69. The number of hydrogen-bond acceptors (Lipinski definition) is 8. The summed E-state index contributed by atoms with van der Waals surface area (Å²) in [5, 5.41) is 0. The topological polar surface area (TPSA) is 91.4 Å². The zero-order valence-electron chi connectivity index (χ0n) is 18.3. The van der Waals surface area contributed by atoms with Crippen molar-refractivity contribution in [2.75, 3.05) is 32.8 Å². The van der Waals surface area contributed by atoms with Gasteiger partial charge in [0.05, 0.1) is 31.6 Å². The molecule has 0 amide bonds. The van der Waals surface area contributed by atoms with Crippen LogP contribution in [0.5, 0.6) is 0 Å². The van der Waals surface area contributed by atoms with Crippen LogP contribution in [-0.4, -0.2) is 73.5 Å². The molecule has 5 rings (SSSR count). The van der Waals surface area contributed by atoms with Gasteiger partial charge in [-0.15, -0.1) is 0 Å². The minimum atomic E-state index is -0.567. The standard InChI is InChI=1S/C23H33NO7/c1-2-23(6-4-3-5-7-23)31-22(27)18-15-12-14-17(18)21(26)30-20(14)19(15)29-16(25)13-24-8-10-28-11-9-24/h14-15,17-20H,2-13H2,1H3. The van der Waals surface area contributed by atoms with Crippen molar-refractivity contribution in [1.29, 1.82) is 0 Å². The van der Waals surface area contributed by atoms with Crippen LogP contribution in [0.25, 0.3) is 0 Å². The van der Waals surface area contributed by atoms with Gasteiger partial charge in [0.15, 0.2) is 0 Å². The summed E-state index contributed by atoms with van der Waals surface area (Å²) in [5.74, 6) is -2.24. The molecule has 6 atom stereocenters. The third-order valence-electron chi connectivity index (χ3n) is 8.27. The lowest BCUT2D eigenvalue weighted by atomic mass is 9.77. The first kappa shape index (κ1) is 21.2. The van der Waals surface area contributed by atoms with Crippen LogP contribution in [-0.2, 0) is 33.3 Å². The van der Waals surface area contributed by atoms with Crippen molar-refractivity contribution in [3.8, 4) is 0 Å². The first-order valence-corrected chi connectivity index (χ1v) is 11.9. The third kappa shape index (κ3) is 3.75. The van der Waals surface area contributed by atoms with E-state index in [-0.39, 0.29) is 36.3 Å². The Morgan fingerprint density at radius 1 is 1.13 bits per heavy atom. The number of morpholine rings is 1. The maximum absolute atomic E-state index is 13.4. The van der Waals surface area contributed by atoms with Crippen LogP contribution in [0, 0.1) is 23.7 Å². The quantitative estimate of drug-likeness (QED) is 0.460. The smallest absolute Gasteiger partial charge is 0.320 e. The predicted molar refractivity (Wildman–Crippen MR) is 108 cm³/mol. The Bertz CT molecular complexity index is 727. The van der Waals surface area contributed by atoms with Gasteiger partial charge in [0.25, 0.3) is 0 Å². The summed E-state index contributed by atoms with van der Waals surface area (Å²) in [6.45, 7) is 4.86. The third-order valence-corrected chi connectivity index (χ3v) is 8.27. The molecule has 0 aromatic carbocycles. The van der Waals surface area contributed by atoms with E-state index in [0.29, 0.717) is 32.7 Å². The Morgan fingerprint density at radius 3 is 2.58 bits per heavy atom. The van der Waals surface area contributed by atoms with Gasteiger partial charge in [0, 0.05) is 24.9 Å². The van der Waals surface area contributed by atoms with Crippen LogP contribution in [0.3, 0.4) is 0 Å². The van der Waals surface area contributed by atoms with E-state index in [2.05, 4.69) is 6.92 Å². The van der Waals surface area contributed by atoms with Gasteiger partial charge >= 0.3 is 17.9 Å². The molecule has 2 heterocycles. The van der Waals surface area contributed by atoms with E-state index < -0.39 is 29.6 Å². The van der Waals surface area contributed by atoms with E-state index in [0.717, 1.165) is 32.1 Å². The second-order valence-electron chi connectivity index (χ2n) is 9.88. The molecule has 0 N–H and O–H groups in total. The fourth-order valence-electron chi connectivity index (χ4n) is 6.60. The summed E-state index contributed by atoms with van der Waals surface area (Å²) >= 11 is 0. The fourth-order valence-corrected chi connectivity index (χ4v) is 6.60. The number of rotatable bonds is 6. The van der Waals surface area contributed by atoms with Crippen molar-refractivity contribution in [3.63, 3.8) is 0 Å². The summed E-state index contributed by atoms with van der Waals surface area (Å²) < 4.78 is 22.9. The zero-order chi connectivity index (χ0) is 21.6. The van der Waals surface area contributed by atoms with Crippen LogP contribution < -0.4 is 0 Å². The highest BCUT2D eigenvalue weighted by molar-refractivity contribution is 5.86. The Kier molecular flexibility index (Phi) is 5.71. The first-order chi connectivity index (χ1) is 15.0. The normalized spacial score (nSPS) is 38.7. The lowest BCUT2D eigenvalue weighted by Crippen LogP contribution is -2.47. The van der Waals surface area contributed by atoms with Crippen LogP contribution in [0.2, 0.25) is 0 Å². The summed E-state index contributed by atoms with van der Waals surface area (Å²) in [7, 11) is 0. The average molecular weight is 436 g/mol. The van der Waals surface area contributed by atoms with E-state index in [9.17, 15) is 14.4 Å². The molecule has 0 spiro atoms. The van der Waals surface area contributed by atoms with Crippen LogP contribution in [0.15, 0.2) is 0 Å². The largest absolute Gasteiger partial charge is 0.459 e. The SMILES string of the molecule is CCC1(OC(=O)C2C3CC4C(OC(=O)C42)C3OC(=O)CN2CCOCC2)CCCCC1. The number of esters is 3. The highest BCUT2D eigenvalue weighted by Crippen LogP contribution is 2.59. The Morgan fingerprint density at radius 2 is 1.87 bits per heavy atom. The molecule has 2 bridgehead atoms. The van der Waals surface area contributed by atoms with Crippen molar-refractivity contribution in [1.82, 2.24) is 4.90 Å². The number of nitrogens with zero attached hydrogens (tertiary/aromatic N) is 1. The van der Waals surface area contributed by atoms with E-state index in [1.165, 1.54) is 6.42 Å². The van der Waals surface area contributed by atoms with Crippen LogP contribution in [0.1, 0.15) is 51.9 Å². The summed E-state index contributed by atoms with van der Waals surface area (Å²) in [4.78, 5) is 40.6. The lowest BCUT2D eigenvalue weighted by molar-refractivity contribution is -0.178. The Hall–Kier alpha value is -1.67. The molecule has 0 radical (unpaired) electrons.